The average molecular weight is 216 g/mol. The van der Waals surface area contributed by atoms with E-state index in [1.54, 1.807) is 0 Å². The molecule has 0 bridgehead atoms. The molecule has 1 fully saturated rings. The molecule has 1 N–H and O–H groups in total. The fraction of sp³-hybridized carbons (Fsp3) is 1.00. The molecule has 1 heterocycles. The smallest absolute Gasteiger partial charge is 0.192 e. The molecule has 1 rings (SSSR count). The summed E-state index contributed by atoms with van der Waals surface area (Å²) in [5.41, 5.74) is 0. The molecule has 1 saturated heterocycles. The number of hydrogen-bond donors (Lipinski definition) is 1. The van der Waals surface area contributed by atoms with Crippen molar-refractivity contribution in [2.45, 2.75) is 57.8 Å². The summed E-state index contributed by atoms with van der Waals surface area (Å²) in [5, 5.41) is 3.48. The van der Waals surface area contributed by atoms with E-state index < -0.39 is 14.4 Å². The van der Waals surface area contributed by atoms with Crippen molar-refractivity contribution in [3.05, 3.63) is 0 Å². The van der Waals surface area contributed by atoms with Crippen LogP contribution >= 0.6 is 0 Å². The lowest BCUT2D eigenvalue weighted by atomic mass is 10.1. The predicted molar refractivity (Wildman–Crippen MR) is 64.2 cm³/mol. The average Bonchev–Trinajstić information content (AvgIpc) is 2.00. The molecular weight excluding hydrogens is 190 g/mol. The second kappa shape index (κ2) is 4.33. The molecule has 3 heteroatoms. The summed E-state index contributed by atoms with van der Waals surface area (Å²) < 4.78 is 14.5. The van der Waals surface area contributed by atoms with Gasteiger partial charge < -0.3 is 9.74 Å². The highest BCUT2D eigenvalue weighted by molar-refractivity contribution is 6.74. The van der Waals surface area contributed by atoms with Gasteiger partial charge in [-0.2, -0.15) is 0 Å². The largest absolute Gasteiger partial charge is 0.414 e. The molecule has 0 aromatic rings. The monoisotopic (exact) mass is 216 g/mol. The Balaban J connectivity index is 2.67. The molecule has 0 radical (unpaired) electrons. The van der Waals surface area contributed by atoms with Crippen LogP contribution in [0.3, 0.4) is 0 Å². The maximum atomic E-state index is 8.33. The predicted octanol–water partition coefficient (Wildman–Crippen LogP) is 2.76. The summed E-state index contributed by atoms with van der Waals surface area (Å²) in [6.07, 6.45) is 1.01. The van der Waals surface area contributed by atoms with Gasteiger partial charge in [-0.15, -0.1) is 0 Å². The minimum absolute atomic E-state index is 0.200. The van der Waals surface area contributed by atoms with Crippen LogP contribution in [0.5, 0.6) is 0 Å². The van der Waals surface area contributed by atoms with Gasteiger partial charge in [-0.1, -0.05) is 20.8 Å². The van der Waals surface area contributed by atoms with Gasteiger partial charge >= 0.3 is 0 Å². The Morgan fingerprint density at radius 1 is 1.29 bits per heavy atom. The first-order valence-electron chi connectivity index (χ1n) is 6.07. The Labute approximate surface area is 91.0 Å². The normalized spacial score (nSPS) is 24.5. The van der Waals surface area contributed by atoms with E-state index in [1.807, 2.05) is 0 Å². The van der Waals surface area contributed by atoms with Gasteiger partial charge in [-0.3, -0.25) is 0 Å². The van der Waals surface area contributed by atoms with Gasteiger partial charge in [-0.25, -0.2) is 0 Å². The Morgan fingerprint density at radius 3 is 2.21 bits per heavy atom. The highest BCUT2D eigenvalue weighted by Crippen LogP contribution is 2.38. The Morgan fingerprint density at radius 2 is 1.79 bits per heavy atom. The van der Waals surface area contributed by atoms with Crippen LogP contribution in [0.1, 0.15) is 35.0 Å². The molecule has 0 aromatic heterocycles. The molecule has 0 aliphatic carbocycles. The second-order valence-electron chi connectivity index (χ2n) is 5.65. The lowest BCUT2D eigenvalue weighted by Gasteiger charge is -2.40. The molecule has 0 amide bonds. The highest BCUT2D eigenvalue weighted by atomic mass is 28.4. The van der Waals surface area contributed by atoms with Gasteiger partial charge in [-0.05, 0) is 44.1 Å². The van der Waals surface area contributed by atoms with Crippen LogP contribution in [0.4, 0.5) is 0 Å². The second-order valence-corrected chi connectivity index (χ2v) is 10.4. The van der Waals surface area contributed by atoms with Crippen molar-refractivity contribution < 1.29 is 5.80 Å². The summed E-state index contributed by atoms with van der Waals surface area (Å²) in [6, 6.07) is 0. The van der Waals surface area contributed by atoms with Crippen LogP contribution in [0.15, 0.2) is 0 Å². The maximum absolute atomic E-state index is 8.33. The lowest BCUT2D eigenvalue weighted by Crippen LogP contribution is -2.46. The van der Waals surface area contributed by atoms with E-state index in [0.29, 0.717) is 0 Å². The summed E-state index contributed by atoms with van der Waals surface area (Å²) in [5.74, 6) is 0. The first-order valence-corrected chi connectivity index (χ1v) is 8.48. The topological polar surface area (TPSA) is 21.3 Å². The third-order valence-electron chi connectivity index (χ3n) is 3.37. The van der Waals surface area contributed by atoms with E-state index in [-0.39, 0.29) is 5.04 Å². The molecule has 0 aromatic carbocycles. The SMILES string of the molecule is [2H]C1(O[Si](C)(C)C(C)(C)C)CCNCC1. The third kappa shape index (κ3) is 3.07. The van der Waals surface area contributed by atoms with Crippen molar-refractivity contribution in [3.63, 3.8) is 0 Å². The van der Waals surface area contributed by atoms with Crippen LogP contribution in [-0.2, 0) is 4.43 Å². The van der Waals surface area contributed by atoms with E-state index in [9.17, 15) is 0 Å². The lowest BCUT2D eigenvalue weighted by molar-refractivity contribution is 0.145. The van der Waals surface area contributed by atoms with Crippen LogP contribution in [0, 0.1) is 0 Å². The van der Waals surface area contributed by atoms with Crippen LogP contribution in [0.25, 0.3) is 0 Å². The molecule has 14 heavy (non-hydrogen) atoms. The summed E-state index contributed by atoms with van der Waals surface area (Å²) in [4.78, 5) is 0. The number of hydrogen-bond acceptors (Lipinski definition) is 2. The van der Waals surface area contributed by atoms with Crippen molar-refractivity contribution in [2.75, 3.05) is 13.1 Å². The third-order valence-corrected chi connectivity index (χ3v) is 7.78. The standard InChI is InChI=1S/C11H25NOSi/c1-11(2,3)14(4,5)13-10-6-8-12-9-7-10/h10,12H,6-9H2,1-5H3/i10D. The van der Waals surface area contributed by atoms with E-state index in [1.165, 1.54) is 0 Å². The zero-order valence-electron chi connectivity index (χ0n) is 11.2. The van der Waals surface area contributed by atoms with Crippen molar-refractivity contribution in [3.8, 4) is 0 Å². The fourth-order valence-corrected chi connectivity index (χ4v) is 2.55. The van der Waals surface area contributed by atoms with Crippen LogP contribution in [-0.4, -0.2) is 27.5 Å². The molecule has 84 valence electrons. The van der Waals surface area contributed by atoms with Gasteiger partial charge in [0.05, 0.1) is 1.37 Å². The zero-order chi connectivity index (χ0) is 11.7. The van der Waals surface area contributed by atoms with Crippen LogP contribution < -0.4 is 5.32 Å². The Kier molecular flexibility index (Phi) is 3.29. The maximum Gasteiger partial charge on any atom is 0.192 e. The number of nitrogens with one attached hydrogen (secondary N) is 1. The number of rotatable bonds is 2. The van der Waals surface area contributed by atoms with Crippen molar-refractivity contribution in [1.29, 1.82) is 0 Å². The number of piperidine rings is 1. The molecule has 0 atom stereocenters. The van der Waals surface area contributed by atoms with Gasteiger partial charge in [0.1, 0.15) is 0 Å². The summed E-state index contributed by atoms with van der Waals surface area (Å²) >= 11 is 0. The molecule has 0 spiro atoms. The molecule has 1 aliphatic heterocycles. The van der Waals surface area contributed by atoms with Crippen LogP contribution in [0.2, 0.25) is 18.1 Å². The fourth-order valence-electron chi connectivity index (χ4n) is 1.32. The minimum atomic E-state index is -1.78. The first kappa shape index (κ1) is 10.6. The summed E-state index contributed by atoms with van der Waals surface area (Å²) in [6.45, 7) is 13.0. The van der Waals surface area contributed by atoms with E-state index in [2.05, 4.69) is 39.2 Å². The van der Waals surface area contributed by atoms with E-state index in [0.717, 1.165) is 25.9 Å². The molecular formula is C11H25NOSi. The minimum Gasteiger partial charge on any atom is -0.414 e. The van der Waals surface area contributed by atoms with E-state index in [4.69, 9.17) is 5.80 Å². The quantitative estimate of drug-likeness (QED) is 0.717. The Bertz CT molecular complexity index is 219. The van der Waals surface area contributed by atoms with Gasteiger partial charge in [0, 0.05) is 6.08 Å². The highest BCUT2D eigenvalue weighted by Gasteiger charge is 2.39. The first-order chi connectivity index (χ1) is 6.66. The molecule has 0 unspecified atom stereocenters. The molecule has 0 saturated carbocycles. The van der Waals surface area contributed by atoms with E-state index >= 15 is 0 Å². The molecule has 1 aliphatic rings. The molecule has 2 nitrogen and oxygen atoms in total. The van der Waals surface area contributed by atoms with Gasteiger partial charge in [0.25, 0.3) is 0 Å². The Hall–Kier alpha value is 0.137. The van der Waals surface area contributed by atoms with Gasteiger partial charge in [0.15, 0.2) is 8.32 Å². The van der Waals surface area contributed by atoms with Crippen molar-refractivity contribution in [2.24, 2.45) is 0 Å². The zero-order valence-corrected chi connectivity index (χ0v) is 11.2. The van der Waals surface area contributed by atoms with Crippen molar-refractivity contribution >= 4 is 8.32 Å². The summed E-state index contributed by atoms with van der Waals surface area (Å²) in [7, 11) is -1.78. The van der Waals surface area contributed by atoms with Gasteiger partial charge in [0.2, 0.25) is 0 Å². The van der Waals surface area contributed by atoms with Crippen molar-refractivity contribution in [1.82, 2.24) is 5.32 Å².